The largest absolute Gasteiger partial charge is 0.378 e. The third kappa shape index (κ3) is 2.44. The molecule has 1 aliphatic carbocycles. The van der Waals surface area contributed by atoms with Gasteiger partial charge in [-0.15, -0.1) is 0 Å². The first-order valence-corrected chi connectivity index (χ1v) is 5.51. The van der Waals surface area contributed by atoms with Gasteiger partial charge < -0.3 is 10.1 Å². The number of nitrogens with one attached hydrogen (secondary N) is 1. The molecule has 0 bridgehead atoms. The molecular formula is C11H21NO. The lowest BCUT2D eigenvalue weighted by Gasteiger charge is -2.23. The molecule has 2 aliphatic rings. The second-order valence-corrected chi connectivity index (χ2v) is 5.17. The molecule has 0 aromatic heterocycles. The minimum absolute atomic E-state index is 0.539. The SMILES string of the molecule is CC1(C)CC1COC1CCNCC1. The minimum Gasteiger partial charge on any atom is -0.378 e. The third-order valence-electron chi connectivity index (χ3n) is 3.54. The Hall–Kier alpha value is -0.0800. The molecule has 2 nitrogen and oxygen atoms in total. The van der Waals surface area contributed by atoms with Gasteiger partial charge in [0.1, 0.15) is 0 Å². The average Bonchev–Trinajstić information content (AvgIpc) is 2.73. The monoisotopic (exact) mass is 183 g/mol. The van der Waals surface area contributed by atoms with Crippen molar-refractivity contribution in [2.24, 2.45) is 11.3 Å². The summed E-state index contributed by atoms with van der Waals surface area (Å²) in [5.41, 5.74) is 0.576. The van der Waals surface area contributed by atoms with Gasteiger partial charge in [-0.05, 0) is 43.7 Å². The Morgan fingerprint density at radius 2 is 1.92 bits per heavy atom. The lowest BCUT2D eigenvalue weighted by Crippen LogP contribution is -2.32. The van der Waals surface area contributed by atoms with E-state index < -0.39 is 0 Å². The van der Waals surface area contributed by atoms with E-state index in [9.17, 15) is 0 Å². The smallest absolute Gasteiger partial charge is 0.0599 e. The normalized spacial score (nSPS) is 33.2. The van der Waals surface area contributed by atoms with Crippen molar-refractivity contribution in [3.63, 3.8) is 0 Å². The van der Waals surface area contributed by atoms with Crippen molar-refractivity contribution >= 4 is 0 Å². The van der Waals surface area contributed by atoms with Crippen molar-refractivity contribution in [3.8, 4) is 0 Å². The van der Waals surface area contributed by atoms with E-state index in [-0.39, 0.29) is 0 Å². The summed E-state index contributed by atoms with van der Waals surface area (Å²) in [5.74, 6) is 0.836. The highest BCUT2D eigenvalue weighted by atomic mass is 16.5. The van der Waals surface area contributed by atoms with Crippen LogP contribution in [0.2, 0.25) is 0 Å². The summed E-state index contributed by atoms with van der Waals surface area (Å²) in [6.07, 6.45) is 4.30. The summed E-state index contributed by atoms with van der Waals surface area (Å²) in [4.78, 5) is 0. The standard InChI is InChI=1S/C11H21NO/c1-11(2)7-9(11)8-13-10-3-5-12-6-4-10/h9-10,12H,3-8H2,1-2H3. The molecule has 2 rings (SSSR count). The number of hydrogen-bond acceptors (Lipinski definition) is 2. The summed E-state index contributed by atoms with van der Waals surface area (Å²) in [5, 5.41) is 3.35. The van der Waals surface area contributed by atoms with Crippen LogP contribution in [0, 0.1) is 11.3 Å². The van der Waals surface area contributed by atoms with Gasteiger partial charge in [0.05, 0.1) is 12.7 Å². The molecule has 76 valence electrons. The average molecular weight is 183 g/mol. The van der Waals surface area contributed by atoms with Crippen LogP contribution >= 0.6 is 0 Å². The van der Waals surface area contributed by atoms with Gasteiger partial charge in [-0.3, -0.25) is 0 Å². The minimum atomic E-state index is 0.539. The number of ether oxygens (including phenoxy) is 1. The van der Waals surface area contributed by atoms with Gasteiger partial charge in [-0.25, -0.2) is 0 Å². The van der Waals surface area contributed by atoms with Crippen molar-refractivity contribution in [2.45, 2.75) is 39.2 Å². The topological polar surface area (TPSA) is 21.3 Å². The Balaban J connectivity index is 1.62. The van der Waals surface area contributed by atoms with Crippen molar-refractivity contribution in [2.75, 3.05) is 19.7 Å². The summed E-state index contributed by atoms with van der Waals surface area (Å²) >= 11 is 0. The van der Waals surface area contributed by atoms with Crippen molar-refractivity contribution in [1.82, 2.24) is 5.32 Å². The van der Waals surface area contributed by atoms with E-state index >= 15 is 0 Å². The van der Waals surface area contributed by atoms with Crippen LogP contribution in [0.5, 0.6) is 0 Å². The molecule has 1 saturated carbocycles. The van der Waals surface area contributed by atoms with Crippen LogP contribution in [0.25, 0.3) is 0 Å². The molecule has 0 amide bonds. The van der Waals surface area contributed by atoms with Gasteiger partial charge in [0.25, 0.3) is 0 Å². The number of piperidine rings is 1. The van der Waals surface area contributed by atoms with Gasteiger partial charge in [0.15, 0.2) is 0 Å². The predicted molar refractivity (Wildman–Crippen MR) is 53.7 cm³/mol. The maximum Gasteiger partial charge on any atom is 0.0599 e. The fraction of sp³-hybridized carbons (Fsp3) is 1.00. The van der Waals surface area contributed by atoms with Gasteiger partial charge in [-0.1, -0.05) is 13.8 Å². The van der Waals surface area contributed by atoms with Crippen molar-refractivity contribution < 1.29 is 4.74 Å². The summed E-state index contributed by atoms with van der Waals surface area (Å²) in [6.45, 7) is 7.95. The van der Waals surface area contributed by atoms with Crippen molar-refractivity contribution in [1.29, 1.82) is 0 Å². The van der Waals surface area contributed by atoms with E-state index in [1.807, 2.05) is 0 Å². The molecule has 0 aromatic carbocycles. The second-order valence-electron chi connectivity index (χ2n) is 5.17. The van der Waals surface area contributed by atoms with Crippen LogP contribution in [0.4, 0.5) is 0 Å². The molecule has 1 heterocycles. The lowest BCUT2D eigenvalue weighted by molar-refractivity contribution is 0.0222. The van der Waals surface area contributed by atoms with Gasteiger partial charge in [-0.2, -0.15) is 0 Å². The third-order valence-corrected chi connectivity index (χ3v) is 3.54. The lowest BCUT2D eigenvalue weighted by atomic mass is 10.1. The quantitative estimate of drug-likeness (QED) is 0.720. The Labute approximate surface area is 81.0 Å². The molecule has 0 spiro atoms. The van der Waals surface area contributed by atoms with Gasteiger partial charge >= 0.3 is 0 Å². The zero-order chi connectivity index (χ0) is 9.31. The highest BCUT2D eigenvalue weighted by Crippen LogP contribution is 2.51. The summed E-state index contributed by atoms with van der Waals surface area (Å²) < 4.78 is 5.90. The molecule has 0 aromatic rings. The molecule has 1 saturated heterocycles. The zero-order valence-electron chi connectivity index (χ0n) is 8.81. The highest BCUT2D eigenvalue weighted by Gasteiger charge is 2.45. The fourth-order valence-electron chi connectivity index (χ4n) is 2.07. The molecule has 2 heteroatoms. The van der Waals surface area contributed by atoms with E-state index in [0.717, 1.165) is 25.6 Å². The molecule has 1 aliphatic heterocycles. The van der Waals surface area contributed by atoms with Crippen LogP contribution in [0.3, 0.4) is 0 Å². The Bertz CT molecular complexity index is 173. The molecule has 13 heavy (non-hydrogen) atoms. The molecule has 1 N–H and O–H groups in total. The van der Waals surface area contributed by atoms with Crippen LogP contribution in [0.1, 0.15) is 33.1 Å². The van der Waals surface area contributed by atoms with E-state index in [1.165, 1.54) is 19.3 Å². The molecule has 0 radical (unpaired) electrons. The van der Waals surface area contributed by atoms with Crippen molar-refractivity contribution in [3.05, 3.63) is 0 Å². The maximum atomic E-state index is 5.90. The Kier molecular flexibility index (Phi) is 2.61. The van der Waals surface area contributed by atoms with Gasteiger partial charge in [0, 0.05) is 0 Å². The summed E-state index contributed by atoms with van der Waals surface area (Å²) in [7, 11) is 0. The van der Waals surface area contributed by atoms with E-state index in [0.29, 0.717) is 11.5 Å². The number of hydrogen-bond donors (Lipinski definition) is 1. The molecule has 1 unspecified atom stereocenters. The zero-order valence-corrected chi connectivity index (χ0v) is 8.81. The number of rotatable bonds is 3. The van der Waals surface area contributed by atoms with Crippen LogP contribution < -0.4 is 5.32 Å². The maximum absolute atomic E-state index is 5.90. The first-order chi connectivity index (χ1) is 6.18. The van der Waals surface area contributed by atoms with E-state index in [1.54, 1.807) is 0 Å². The van der Waals surface area contributed by atoms with Gasteiger partial charge in [0.2, 0.25) is 0 Å². The first-order valence-electron chi connectivity index (χ1n) is 5.51. The second kappa shape index (κ2) is 3.58. The van der Waals surface area contributed by atoms with Crippen LogP contribution in [-0.4, -0.2) is 25.8 Å². The molecular weight excluding hydrogens is 162 g/mol. The van der Waals surface area contributed by atoms with Crippen LogP contribution in [-0.2, 0) is 4.74 Å². The Morgan fingerprint density at radius 3 is 2.46 bits per heavy atom. The highest BCUT2D eigenvalue weighted by molar-refractivity contribution is 4.94. The van der Waals surface area contributed by atoms with E-state index in [4.69, 9.17) is 4.74 Å². The van der Waals surface area contributed by atoms with E-state index in [2.05, 4.69) is 19.2 Å². The molecule has 1 atom stereocenters. The Morgan fingerprint density at radius 1 is 1.31 bits per heavy atom. The summed E-state index contributed by atoms with van der Waals surface area (Å²) in [6, 6.07) is 0. The fourth-order valence-corrected chi connectivity index (χ4v) is 2.07. The van der Waals surface area contributed by atoms with Crippen LogP contribution in [0.15, 0.2) is 0 Å². The first kappa shape index (κ1) is 9.47. The predicted octanol–water partition coefficient (Wildman–Crippen LogP) is 1.80. The molecule has 2 fully saturated rings.